The minimum absolute atomic E-state index is 0.0366. The molecule has 2 nitrogen and oxygen atoms in total. The molecule has 106 valence electrons. The predicted molar refractivity (Wildman–Crippen MR) is 84.1 cm³/mol. The van der Waals surface area contributed by atoms with Gasteiger partial charge in [-0.2, -0.15) is 0 Å². The first kappa shape index (κ1) is 14.8. The molecule has 0 unspecified atom stereocenters. The van der Waals surface area contributed by atoms with Crippen molar-refractivity contribution in [3.05, 3.63) is 51.7 Å². The van der Waals surface area contributed by atoms with Crippen LogP contribution in [0.15, 0.2) is 36.4 Å². The molecule has 0 aliphatic heterocycles. The maximum Gasteiger partial charge on any atom is 0.206 e. The van der Waals surface area contributed by atoms with Crippen molar-refractivity contribution in [2.75, 3.05) is 6.61 Å². The van der Waals surface area contributed by atoms with Gasteiger partial charge in [-0.1, -0.05) is 32.9 Å². The van der Waals surface area contributed by atoms with Gasteiger partial charge in [-0.15, -0.1) is 11.3 Å². The molecule has 0 N–H and O–H groups in total. The monoisotopic (exact) mass is 288 g/mol. The van der Waals surface area contributed by atoms with Crippen LogP contribution in [0.3, 0.4) is 0 Å². The topological polar surface area (TPSA) is 26.3 Å². The largest absolute Gasteiger partial charge is 0.493 e. The summed E-state index contributed by atoms with van der Waals surface area (Å²) < 4.78 is 5.54. The highest BCUT2D eigenvalue weighted by atomic mass is 32.1. The lowest BCUT2D eigenvalue weighted by atomic mass is 9.95. The highest BCUT2D eigenvalue weighted by Crippen LogP contribution is 2.32. The van der Waals surface area contributed by atoms with Crippen LogP contribution in [0.4, 0.5) is 0 Å². The van der Waals surface area contributed by atoms with Crippen molar-refractivity contribution < 1.29 is 9.53 Å². The first-order valence-electron chi connectivity index (χ1n) is 6.80. The van der Waals surface area contributed by atoms with E-state index in [4.69, 9.17) is 4.74 Å². The number of hydrogen-bond acceptors (Lipinski definition) is 3. The van der Waals surface area contributed by atoms with Crippen LogP contribution < -0.4 is 4.74 Å². The Balaban J connectivity index is 2.34. The van der Waals surface area contributed by atoms with E-state index in [1.165, 1.54) is 4.88 Å². The Hall–Kier alpha value is -1.61. The van der Waals surface area contributed by atoms with Crippen molar-refractivity contribution >= 4 is 17.1 Å². The fourth-order valence-electron chi connectivity index (χ4n) is 1.93. The molecule has 3 heteroatoms. The Morgan fingerprint density at radius 2 is 1.85 bits per heavy atom. The molecule has 0 fully saturated rings. The normalized spacial score (nSPS) is 11.4. The maximum absolute atomic E-state index is 12.6. The van der Waals surface area contributed by atoms with E-state index in [2.05, 4.69) is 20.8 Å². The van der Waals surface area contributed by atoms with Crippen LogP contribution in [-0.2, 0) is 5.41 Å². The number of carbonyl (C=O) groups is 1. The third-order valence-electron chi connectivity index (χ3n) is 3.00. The summed E-state index contributed by atoms with van der Waals surface area (Å²) in [6, 6.07) is 11.4. The molecule has 0 atom stereocenters. The van der Waals surface area contributed by atoms with Crippen LogP contribution in [0.1, 0.15) is 47.8 Å². The van der Waals surface area contributed by atoms with E-state index in [0.29, 0.717) is 17.9 Å². The van der Waals surface area contributed by atoms with Crippen LogP contribution >= 0.6 is 11.3 Å². The molecule has 0 aliphatic carbocycles. The fourth-order valence-corrected chi connectivity index (χ4v) is 2.95. The molecule has 2 rings (SSSR count). The first-order valence-corrected chi connectivity index (χ1v) is 7.62. The molecule has 0 spiro atoms. The zero-order valence-electron chi connectivity index (χ0n) is 12.4. The second kappa shape index (κ2) is 5.80. The molecule has 1 aromatic carbocycles. The van der Waals surface area contributed by atoms with Gasteiger partial charge in [-0.3, -0.25) is 4.79 Å². The Kier molecular flexibility index (Phi) is 4.29. The lowest BCUT2D eigenvalue weighted by molar-refractivity contribution is 0.103. The van der Waals surface area contributed by atoms with Crippen molar-refractivity contribution in [2.24, 2.45) is 0 Å². The molecule has 1 heterocycles. The van der Waals surface area contributed by atoms with Gasteiger partial charge in [0.25, 0.3) is 0 Å². The molecular weight excluding hydrogens is 268 g/mol. The minimum atomic E-state index is 0.0366. The van der Waals surface area contributed by atoms with Gasteiger partial charge in [0, 0.05) is 4.88 Å². The first-order chi connectivity index (χ1) is 9.43. The minimum Gasteiger partial charge on any atom is -0.493 e. The van der Waals surface area contributed by atoms with Crippen molar-refractivity contribution in [3.63, 3.8) is 0 Å². The van der Waals surface area contributed by atoms with E-state index in [-0.39, 0.29) is 11.2 Å². The van der Waals surface area contributed by atoms with Crippen molar-refractivity contribution in [1.82, 2.24) is 0 Å². The third-order valence-corrected chi connectivity index (χ3v) is 4.51. The van der Waals surface area contributed by atoms with Crippen LogP contribution in [0.25, 0.3) is 0 Å². The van der Waals surface area contributed by atoms with Crippen molar-refractivity contribution in [2.45, 2.75) is 33.1 Å². The molecule has 1 aromatic heterocycles. The molecule has 0 amide bonds. The van der Waals surface area contributed by atoms with E-state index < -0.39 is 0 Å². The van der Waals surface area contributed by atoms with Crippen LogP contribution in [0, 0.1) is 0 Å². The summed E-state index contributed by atoms with van der Waals surface area (Å²) in [6.45, 7) is 8.94. The third kappa shape index (κ3) is 3.10. The highest BCUT2D eigenvalue weighted by molar-refractivity contribution is 7.14. The van der Waals surface area contributed by atoms with Gasteiger partial charge in [0.2, 0.25) is 5.78 Å². The number of carbonyl (C=O) groups excluding carboxylic acids is 1. The van der Waals surface area contributed by atoms with Crippen LogP contribution in [0.5, 0.6) is 5.75 Å². The van der Waals surface area contributed by atoms with E-state index >= 15 is 0 Å². The summed E-state index contributed by atoms with van der Waals surface area (Å²) in [5.41, 5.74) is 0.708. The van der Waals surface area contributed by atoms with Gasteiger partial charge in [0.1, 0.15) is 5.75 Å². The lowest BCUT2D eigenvalue weighted by Crippen LogP contribution is -2.08. The number of thiophene rings is 1. The summed E-state index contributed by atoms with van der Waals surface area (Å²) >= 11 is 1.56. The van der Waals surface area contributed by atoms with Gasteiger partial charge >= 0.3 is 0 Å². The lowest BCUT2D eigenvalue weighted by Gasteiger charge is -2.15. The summed E-state index contributed by atoms with van der Waals surface area (Å²) in [6.07, 6.45) is 0. The number of hydrogen-bond donors (Lipinski definition) is 0. The highest BCUT2D eigenvalue weighted by Gasteiger charge is 2.20. The molecule has 0 bridgehead atoms. The van der Waals surface area contributed by atoms with Gasteiger partial charge < -0.3 is 4.74 Å². The zero-order chi connectivity index (χ0) is 14.8. The van der Waals surface area contributed by atoms with Gasteiger partial charge in [-0.25, -0.2) is 0 Å². The van der Waals surface area contributed by atoms with Crippen LogP contribution in [0.2, 0.25) is 0 Å². The zero-order valence-corrected chi connectivity index (χ0v) is 13.2. The summed E-state index contributed by atoms with van der Waals surface area (Å²) in [5.74, 6) is 0.695. The van der Waals surface area contributed by atoms with Crippen LogP contribution in [-0.4, -0.2) is 12.4 Å². The Labute approximate surface area is 124 Å². The standard InChI is InChI=1S/C17H20O2S/c1-5-19-13-9-7-6-8-12(13)16(18)14-10-11-15(20-14)17(2,3)4/h6-11H,5H2,1-4H3. The summed E-state index contributed by atoms with van der Waals surface area (Å²) in [7, 11) is 0. The summed E-state index contributed by atoms with van der Waals surface area (Å²) in [5, 5.41) is 0. The Morgan fingerprint density at radius 1 is 1.15 bits per heavy atom. The SMILES string of the molecule is CCOc1ccccc1C(=O)c1ccc(C(C)(C)C)s1. The number of ketones is 1. The average molecular weight is 288 g/mol. The molecule has 0 saturated carbocycles. The predicted octanol–water partition coefficient (Wildman–Crippen LogP) is 4.68. The summed E-state index contributed by atoms with van der Waals surface area (Å²) in [4.78, 5) is 14.6. The molecule has 2 aromatic rings. The van der Waals surface area contributed by atoms with E-state index in [1.807, 2.05) is 43.3 Å². The number of rotatable bonds is 4. The molecule has 0 saturated heterocycles. The molecule has 0 radical (unpaired) electrons. The maximum atomic E-state index is 12.6. The molecule has 0 aliphatic rings. The molecule has 20 heavy (non-hydrogen) atoms. The number of para-hydroxylation sites is 1. The van der Waals surface area contributed by atoms with E-state index in [0.717, 1.165) is 4.88 Å². The number of ether oxygens (including phenoxy) is 1. The van der Waals surface area contributed by atoms with Crippen molar-refractivity contribution in [3.8, 4) is 5.75 Å². The fraction of sp³-hybridized carbons (Fsp3) is 0.353. The van der Waals surface area contributed by atoms with Gasteiger partial charge in [0.15, 0.2) is 0 Å². The van der Waals surface area contributed by atoms with E-state index in [9.17, 15) is 4.79 Å². The van der Waals surface area contributed by atoms with Gasteiger partial charge in [-0.05, 0) is 36.6 Å². The molecular formula is C17H20O2S. The Bertz CT molecular complexity index is 605. The van der Waals surface area contributed by atoms with Crippen molar-refractivity contribution in [1.29, 1.82) is 0 Å². The number of benzene rings is 1. The smallest absolute Gasteiger partial charge is 0.206 e. The Morgan fingerprint density at radius 3 is 2.45 bits per heavy atom. The van der Waals surface area contributed by atoms with E-state index in [1.54, 1.807) is 11.3 Å². The van der Waals surface area contributed by atoms with Gasteiger partial charge in [0.05, 0.1) is 17.0 Å². The quantitative estimate of drug-likeness (QED) is 0.764. The average Bonchev–Trinajstić information content (AvgIpc) is 2.88. The second-order valence-electron chi connectivity index (χ2n) is 5.67. The second-order valence-corrected chi connectivity index (χ2v) is 6.76.